The summed E-state index contributed by atoms with van der Waals surface area (Å²) < 4.78 is 31.4. The fraction of sp³-hybridized carbons (Fsp3) is 0.500. The van der Waals surface area contributed by atoms with E-state index in [0.717, 1.165) is 17.7 Å². The van der Waals surface area contributed by atoms with Crippen molar-refractivity contribution in [2.45, 2.75) is 18.9 Å². The minimum absolute atomic E-state index is 0.0726. The number of nitrogens with two attached hydrogens (primary N) is 1. The molecule has 1 aromatic rings. The molecule has 1 aliphatic heterocycles. The summed E-state index contributed by atoms with van der Waals surface area (Å²) in [5.74, 6) is 0.923. The highest BCUT2D eigenvalue weighted by Gasteiger charge is 2.23. The minimum Gasteiger partial charge on any atom is -0.488 e. The molecule has 0 bridgehead atoms. The Hall–Kier alpha value is -1.11. The van der Waals surface area contributed by atoms with Crippen LogP contribution < -0.4 is 15.2 Å². The van der Waals surface area contributed by atoms with Crippen molar-refractivity contribution in [3.63, 3.8) is 0 Å². The first-order valence-electron chi connectivity index (χ1n) is 6.03. The molecule has 0 saturated carbocycles. The Morgan fingerprint density at radius 3 is 2.89 bits per heavy atom. The van der Waals surface area contributed by atoms with E-state index in [4.69, 9.17) is 10.5 Å². The molecule has 0 aromatic heterocycles. The van der Waals surface area contributed by atoms with Gasteiger partial charge in [0.05, 0.1) is 5.75 Å². The van der Waals surface area contributed by atoms with Crippen LogP contribution in [0.15, 0.2) is 24.3 Å². The maximum absolute atomic E-state index is 11.6. The van der Waals surface area contributed by atoms with Crippen LogP contribution in [0.3, 0.4) is 0 Å². The van der Waals surface area contributed by atoms with E-state index in [-0.39, 0.29) is 11.9 Å². The molecule has 1 unspecified atom stereocenters. The van der Waals surface area contributed by atoms with Crippen molar-refractivity contribution >= 4 is 10.0 Å². The van der Waals surface area contributed by atoms with Crippen molar-refractivity contribution in [3.05, 3.63) is 29.8 Å². The van der Waals surface area contributed by atoms with E-state index in [1.165, 1.54) is 0 Å². The molecule has 100 valence electrons. The van der Waals surface area contributed by atoms with Crippen LogP contribution in [0.1, 0.15) is 12.0 Å². The predicted octanol–water partition coefficient (Wildman–Crippen LogP) is 0.258. The normalized spacial score (nSPS) is 18.4. The third-order valence-corrected chi connectivity index (χ3v) is 4.29. The first kappa shape index (κ1) is 13.3. The highest BCUT2D eigenvalue weighted by Crippen LogP contribution is 2.27. The van der Waals surface area contributed by atoms with Gasteiger partial charge in [0.25, 0.3) is 0 Å². The van der Waals surface area contributed by atoms with E-state index < -0.39 is 10.0 Å². The molecule has 2 rings (SSSR count). The van der Waals surface area contributed by atoms with E-state index in [2.05, 4.69) is 4.72 Å². The summed E-state index contributed by atoms with van der Waals surface area (Å²) in [5.41, 5.74) is 6.42. The standard InChI is InChI=1S/C12H18N2O3S/c13-6-3-7-18(15,16)14-9-11-8-10-4-1-2-5-12(10)17-11/h1-2,4-5,11,14H,3,6-9,13H2. The second-order valence-electron chi connectivity index (χ2n) is 4.36. The molecule has 0 radical (unpaired) electrons. The van der Waals surface area contributed by atoms with Crippen LogP contribution in [0.2, 0.25) is 0 Å². The zero-order valence-corrected chi connectivity index (χ0v) is 10.9. The number of hydrogen-bond donors (Lipinski definition) is 2. The summed E-state index contributed by atoms with van der Waals surface area (Å²) >= 11 is 0. The van der Waals surface area contributed by atoms with Crippen molar-refractivity contribution in [1.82, 2.24) is 4.72 Å². The van der Waals surface area contributed by atoms with Gasteiger partial charge in [-0.05, 0) is 24.6 Å². The Bertz CT molecular complexity index is 477. The molecule has 1 atom stereocenters. The van der Waals surface area contributed by atoms with E-state index in [1.54, 1.807) is 0 Å². The van der Waals surface area contributed by atoms with Crippen LogP contribution in [0.25, 0.3) is 0 Å². The van der Waals surface area contributed by atoms with Crippen LogP contribution in [-0.4, -0.2) is 33.4 Å². The SMILES string of the molecule is NCCCS(=O)(=O)NCC1Cc2ccccc2O1. The molecule has 1 aliphatic rings. The van der Waals surface area contributed by atoms with Crippen molar-refractivity contribution in [3.8, 4) is 5.75 Å². The number of ether oxygens (including phenoxy) is 1. The zero-order chi connectivity index (χ0) is 13.0. The maximum atomic E-state index is 11.6. The first-order valence-corrected chi connectivity index (χ1v) is 7.68. The number of rotatable bonds is 6. The largest absolute Gasteiger partial charge is 0.488 e. The molecular weight excluding hydrogens is 252 g/mol. The smallest absolute Gasteiger partial charge is 0.211 e. The molecule has 6 heteroatoms. The molecule has 18 heavy (non-hydrogen) atoms. The van der Waals surface area contributed by atoms with Crippen molar-refractivity contribution in [2.75, 3.05) is 18.8 Å². The van der Waals surface area contributed by atoms with Crippen molar-refractivity contribution in [1.29, 1.82) is 0 Å². The second kappa shape index (κ2) is 5.69. The molecule has 0 fully saturated rings. The Morgan fingerprint density at radius 2 is 2.17 bits per heavy atom. The third-order valence-electron chi connectivity index (χ3n) is 2.86. The van der Waals surface area contributed by atoms with E-state index in [9.17, 15) is 8.42 Å². The fourth-order valence-electron chi connectivity index (χ4n) is 1.93. The van der Waals surface area contributed by atoms with Gasteiger partial charge in [0.1, 0.15) is 11.9 Å². The van der Waals surface area contributed by atoms with Gasteiger partial charge in [-0.2, -0.15) is 0 Å². The molecule has 5 nitrogen and oxygen atoms in total. The fourth-order valence-corrected chi connectivity index (χ4v) is 3.06. The van der Waals surface area contributed by atoms with Gasteiger partial charge in [-0.3, -0.25) is 0 Å². The number of sulfonamides is 1. The number of para-hydroxylation sites is 1. The van der Waals surface area contributed by atoms with E-state index >= 15 is 0 Å². The van der Waals surface area contributed by atoms with Gasteiger partial charge in [0.2, 0.25) is 10.0 Å². The molecular formula is C12H18N2O3S. The third kappa shape index (κ3) is 3.44. The van der Waals surface area contributed by atoms with Crippen LogP contribution >= 0.6 is 0 Å². The summed E-state index contributed by atoms with van der Waals surface area (Å²) in [6.45, 7) is 0.688. The number of hydrogen-bond acceptors (Lipinski definition) is 4. The van der Waals surface area contributed by atoms with Crippen molar-refractivity contribution in [2.24, 2.45) is 5.73 Å². The van der Waals surface area contributed by atoms with E-state index in [1.807, 2.05) is 24.3 Å². The molecule has 0 saturated heterocycles. The summed E-state index contributed by atoms with van der Waals surface area (Å²) in [6.07, 6.45) is 1.10. The molecule has 0 amide bonds. The summed E-state index contributed by atoms with van der Waals surface area (Å²) in [4.78, 5) is 0. The van der Waals surface area contributed by atoms with Crippen LogP contribution in [-0.2, 0) is 16.4 Å². The Labute approximate surface area is 107 Å². The number of benzene rings is 1. The number of nitrogens with one attached hydrogen (secondary N) is 1. The van der Waals surface area contributed by atoms with Gasteiger partial charge < -0.3 is 10.5 Å². The highest BCUT2D eigenvalue weighted by atomic mass is 32.2. The van der Waals surface area contributed by atoms with E-state index in [0.29, 0.717) is 19.5 Å². The first-order chi connectivity index (χ1) is 8.61. The van der Waals surface area contributed by atoms with Gasteiger partial charge >= 0.3 is 0 Å². The Kier molecular flexibility index (Phi) is 4.21. The van der Waals surface area contributed by atoms with Gasteiger partial charge in [-0.15, -0.1) is 0 Å². The minimum atomic E-state index is -3.23. The Balaban J connectivity index is 1.83. The van der Waals surface area contributed by atoms with Gasteiger partial charge in [-0.25, -0.2) is 13.1 Å². The molecule has 3 N–H and O–H groups in total. The average Bonchev–Trinajstić information content (AvgIpc) is 2.77. The molecule has 0 aliphatic carbocycles. The Morgan fingerprint density at radius 1 is 1.39 bits per heavy atom. The predicted molar refractivity (Wildman–Crippen MR) is 70.0 cm³/mol. The zero-order valence-electron chi connectivity index (χ0n) is 10.1. The monoisotopic (exact) mass is 270 g/mol. The summed E-state index contributed by atoms with van der Waals surface area (Å²) in [6, 6.07) is 7.76. The molecule has 1 aromatic carbocycles. The van der Waals surface area contributed by atoms with Crippen LogP contribution in [0.5, 0.6) is 5.75 Å². The maximum Gasteiger partial charge on any atom is 0.211 e. The quantitative estimate of drug-likeness (QED) is 0.777. The molecule has 1 heterocycles. The van der Waals surface area contributed by atoms with Gasteiger partial charge in [0.15, 0.2) is 0 Å². The number of fused-ring (bicyclic) bond motifs is 1. The van der Waals surface area contributed by atoms with Gasteiger partial charge in [0, 0.05) is 13.0 Å². The highest BCUT2D eigenvalue weighted by molar-refractivity contribution is 7.89. The summed E-state index contributed by atoms with van der Waals surface area (Å²) in [5, 5.41) is 0. The lowest BCUT2D eigenvalue weighted by molar-refractivity contribution is 0.236. The topological polar surface area (TPSA) is 81.4 Å². The lowest BCUT2D eigenvalue weighted by atomic mass is 10.1. The lowest BCUT2D eigenvalue weighted by Crippen LogP contribution is -2.36. The van der Waals surface area contributed by atoms with Crippen molar-refractivity contribution < 1.29 is 13.2 Å². The van der Waals surface area contributed by atoms with Gasteiger partial charge in [-0.1, -0.05) is 18.2 Å². The van der Waals surface area contributed by atoms with Crippen LogP contribution in [0.4, 0.5) is 0 Å². The summed E-state index contributed by atoms with van der Waals surface area (Å²) in [7, 11) is -3.23. The second-order valence-corrected chi connectivity index (χ2v) is 6.29. The average molecular weight is 270 g/mol. The lowest BCUT2D eigenvalue weighted by Gasteiger charge is -2.12. The van der Waals surface area contributed by atoms with Crippen LogP contribution in [0, 0.1) is 0 Å². The molecule has 0 spiro atoms.